The number of allylic oxidation sites excluding steroid dienone is 2. The summed E-state index contributed by atoms with van der Waals surface area (Å²) in [6, 6.07) is 0. The van der Waals surface area contributed by atoms with Crippen LogP contribution < -0.4 is 0 Å². The van der Waals surface area contributed by atoms with Gasteiger partial charge in [0, 0.05) is 0 Å². The summed E-state index contributed by atoms with van der Waals surface area (Å²) in [4.78, 5) is 0. The molecule has 0 saturated heterocycles. The summed E-state index contributed by atoms with van der Waals surface area (Å²) in [6.07, 6.45) is 14.5. The van der Waals surface area contributed by atoms with Crippen molar-refractivity contribution in [3.63, 3.8) is 0 Å². The van der Waals surface area contributed by atoms with E-state index in [1.165, 1.54) is 44.1 Å². The number of aliphatic hydroxyl groups excluding tert-OH is 1. The van der Waals surface area contributed by atoms with Crippen LogP contribution in [0.15, 0.2) is 29.0 Å². The highest BCUT2D eigenvalue weighted by atomic mass is 16.3. The zero-order valence-electron chi connectivity index (χ0n) is 16.6. The summed E-state index contributed by atoms with van der Waals surface area (Å²) in [5, 5.41) is 10.1. The number of hydrogen-bond donors (Lipinski definition) is 1. The molecule has 25 heavy (non-hydrogen) atoms. The normalized spacial score (nSPS) is 48.5. The lowest BCUT2D eigenvalue weighted by molar-refractivity contribution is -0.0453. The third kappa shape index (κ3) is 2.54. The zero-order valence-corrected chi connectivity index (χ0v) is 16.6. The molecule has 0 heterocycles. The molecule has 0 spiro atoms. The Labute approximate surface area is 154 Å². The molecule has 4 aliphatic rings. The first-order chi connectivity index (χ1) is 11.9. The molecular weight excluding hydrogens is 304 g/mol. The number of hydrogen-bond acceptors (Lipinski definition) is 1. The first-order valence-electron chi connectivity index (χ1n) is 10.7. The fourth-order valence-corrected chi connectivity index (χ4v) is 7.68. The molecule has 1 nitrogen and oxygen atoms in total. The maximum atomic E-state index is 10.1. The van der Waals surface area contributed by atoms with Gasteiger partial charge in [0.05, 0.1) is 6.10 Å². The van der Waals surface area contributed by atoms with E-state index in [-0.39, 0.29) is 6.10 Å². The van der Waals surface area contributed by atoms with Gasteiger partial charge in [-0.1, -0.05) is 25.5 Å². The highest BCUT2D eigenvalue weighted by Gasteiger charge is 2.58. The average molecular weight is 341 g/mol. The molecular formula is C24H36O. The second kappa shape index (κ2) is 6.14. The summed E-state index contributed by atoms with van der Waals surface area (Å²) >= 11 is 0. The van der Waals surface area contributed by atoms with Crippen molar-refractivity contribution in [3.8, 4) is 0 Å². The topological polar surface area (TPSA) is 20.2 Å². The second-order valence-electron chi connectivity index (χ2n) is 9.95. The van der Waals surface area contributed by atoms with Gasteiger partial charge in [0.25, 0.3) is 0 Å². The van der Waals surface area contributed by atoms with Crippen molar-refractivity contribution in [2.45, 2.75) is 85.2 Å². The minimum atomic E-state index is -0.0887. The minimum Gasteiger partial charge on any atom is -0.393 e. The number of aliphatic hydroxyl groups is 1. The molecule has 4 rings (SSSR count). The third-order valence-electron chi connectivity index (χ3n) is 8.97. The van der Waals surface area contributed by atoms with Gasteiger partial charge in [0.15, 0.2) is 0 Å². The van der Waals surface area contributed by atoms with E-state index in [1.54, 1.807) is 5.57 Å². The number of fused-ring (bicyclic) bond motifs is 5. The Morgan fingerprint density at radius 1 is 1.16 bits per heavy atom. The van der Waals surface area contributed by atoms with Gasteiger partial charge in [-0.3, -0.25) is 0 Å². The van der Waals surface area contributed by atoms with Crippen molar-refractivity contribution in [1.82, 2.24) is 0 Å². The van der Waals surface area contributed by atoms with Gasteiger partial charge < -0.3 is 5.11 Å². The van der Waals surface area contributed by atoms with Crippen LogP contribution in [0.25, 0.3) is 0 Å². The third-order valence-corrected chi connectivity index (χ3v) is 8.97. The molecule has 3 unspecified atom stereocenters. The Hall–Kier alpha value is -0.780. The Bertz CT molecular complexity index is 636. The van der Waals surface area contributed by atoms with E-state index in [4.69, 9.17) is 0 Å². The van der Waals surface area contributed by atoms with Crippen molar-refractivity contribution >= 4 is 0 Å². The van der Waals surface area contributed by atoms with Crippen LogP contribution in [-0.4, -0.2) is 11.2 Å². The fraction of sp³-hybridized carbons (Fsp3) is 0.792. The summed E-state index contributed by atoms with van der Waals surface area (Å²) in [5.41, 5.74) is 7.47. The molecule has 4 aliphatic carbocycles. The average Bonchev–Trinajstić information content (AvgIpc) is 2.93. The monoisotopic (exact) mass is 340 g/mol. The van der Waals surface area contributed by atoms with Crippen LogP contribution in [-0.2, 0) is 0 Å². The molecule has 1 heteroatoms. The predicted molar refractivity (Wildman–Crippen MR) is 104 cm³/mol. The zero-order chi connectivity index (χ0) is 17.8. The number of rotatable bonds is 1. The van der Waals surface area contributed by atoms with E-state index in [9.17, 15) is 5.11 Å². The van der Waals surface area contributed by atoms with Crippen molar-refractivity contribution in [1.29, 1.82) is 0 Å². The van der Waals surface area contributed by atoms with Gasteiger partial charge in [-0.25, -0.2) is 0 Å². The molecule has 0 bridgehead atoms. The van der Waals surface area contributed by atoms with Crippen LogP contribution in [0.1, 0.15) is 79.1 Å². The Morgan fingerprint density at radius 2 is 1.96 bits per heavy atom. The summed E-state index contributed by atoms with van der Waals surface area (Å²) in [6.45, 7) is 9.54. The second-order valence-corrected chi connectivity index (χ2v) is 9.95. The lowest BCUT2D eigenvalue weighted by atomic mass is 9.47. The van der Waals surface area contributed by atoms with E-state index in [0.29, 0.717) is 10.8 Å². The lowest BCUT2D eigenvalue weighted by Gasteiger charge is -2.58. The molecule has 0 radical (unpaired) electrons. The van der Waals surface area contributed by atoms with E-state index in [0.717, 1.165) is 36.5 Å². The Kier molecular flexibility index (Phi) is 4.33. The van der Waals surface area contributed by atoms with E-state index >= 15 is 0 Å². The molecule has 1 N–H and O–H groups in total. The van der Waals surface area contributed by atoms with Crippen molar-refractivity contribution < 1.29 is 5.11 Å². The summed E-state index contributed by atoms with van der Waals surface area (Å²) in [7, 11) is 0. The minimum absolute atomic E-state index is 0.0887. The molecule has 3 saturated carbocycles. The quantitative estimate of drug-likeness (QED) is 0.455. The summed E-state index contributed by atoms with van der Waals surface area (Å²) < 4.78 is 0. The van der Waals surface area contributed by atoms with Gasteiger partial charge in [0.1, 0.15) is 0 Å². The molecule has 0 aromatic rings. The SMILES string of the molecule is CC=C=C(C)[C@H]1CCC2C3CC=C4C[C@@H](O)CC[C@]4(C)C3CC[C@@]21C. The molecule has 7 atom stereocenters. The van der Waals surface area contributed by atoms with Crippen LogP contribution in [0.2, 0.25) is 0 Å². The van der Waals surface area contributed by atoms with Crippen LogP contribution in [0.4, 0.5) is 0 Å². The van der Waals surface area contributed by atoms with Gasteiger partial charge in [-0.05, 0) is 111 Å². The van der Waals surface area contributed by atoms with Gasteiger partial charge in [0.2, 0.25) is 0 Å². The van der Waals surface area contributed by atoms with E-state index in [1.807, 2.05) is 0 Å². The van der Waals surface area contributed by atoms with Crippen molar-refractivity contribution in [2.24, 2.45) is 34.5 Å². The van der Waals surface area contributed by atoms with Crippen LogP contribution in [0.5, 0.6) is 0 Å². The van der Waals surface area contributed by atoms with Crippen molar-refractivity contribution in [2.75, 3.05) is 0 Å². The first kappa shape index (κ1) is 17.6. The Morgan fingerprint density at radius 3 is 2.72 bits per heavy atom. The molecule has 0 aromatic carbocycles. The molecule has 0 amide bonds. The van der Waals surface area contributed by atoms with E-state index < -0.39 is 0 Å². The molecule has 138 valence electrons. The highest BCUT2D eigenvalue weighted by Crippen LogP contribution is 2.67. The molecule has 3 fully saturated rings. The van der Waals surface area contributed by atoms with Gasteiger partial charge in [-0.2, -0.15) is 0 Å². The fourth-order valence-electron chi connectivity index (χ4n) is 7.68. The van der Waals surface area contributed by atoms with Crippen LogP contribution in [0.3, 0.4) is 0 Å². The van der Waals surface area contributed by atoms with Crippen LogP contribution >= 0.6 is 0 Å². The van der Waals surface area contributed by atoms with E-state index in [2.05, 4.69) is 45.6 Å². The van der Waals surface area contributed by atoms with Gasteiger partial charge in [-0.15, -0.1) is 5.73 Å². The standard InChI is InChI=1S/C24H36O/c1-5-6-16(2)20-9-10-21-19-8-7-17-15-18(25)11-13-23(17,3)22(19)12-14-24(20,21)4/h5,7,18-22,25H,8-15H2,1-4H3/t6?,18-,19?,20+,21?,22?,23-,24+/m0/s1. The van der Waals surface area contributed by atoms with Crippen molar-refractivity contribution in [3.05, 3.63) is 29.0 Å². The van der Waals surface area contributed by atoms with Crippen LogP contribution in [0, 0.1) is 34.5 Å². The molecule has 0 aliphatic heterocycles. The lowest BCUT2D eigenvalue weighted by Crippen LogP contribution is -2.50. The maximum absolute atomic E-state index is 10.1. The van der Waals surface area contributed by atoms with Gasteiger partial charge >= 0.3 is 0 Å². The largest absolute Gasteiger partial charge is 0.393 e. The first-order valence-corrected chi connectivity index (χ1v) is 10.7. The highest BCUT2D eigenvalue weighted by molar-refractivity contribution is 5.26. The summed E-state index contributed by atoms with van der Waals surface area (Å²) in [5.74, 6) is 3.33. The maximum Gasteiger partial charge on any atom is 0.0577 e. The Balaban J connectivity index is 1.65. The smallest absolute Gasteiger partial charge is 0.0577 e. The molecule has 0 aromatic heterocycles. The predicted octanol–water partition coefficient (Wildman–Crippen LogP) is 6.05.